The van der Waals surface area contributed by atoms with E-state index in [0.717, 1.165) is 40.1 Å². The molecule has 4 rings (SSSR count). The Morgan fingerprint density at radius 3 is 2.92 bits per heavy atom. The molecule has 0 unspecified atom stereocenters. The van der Waals surface area contributed by atoms with E-state index in [1.165, 1.54) is 0 Å². The van der Waals surface area contributed by atoms with E-state index in [4.69, 9.17) is 11.6 Å². The molecule has 1 aliphatic rings. The third-order valence-corrected chi connectivity index (χ3v) is 4.42. The van der Waals surface area contributed by atoms with Gasteiger partial charge in [-0.25, -0.2) is 4.98 Å². The lowest BCUT2D eigenvalue weighted by molar-refractivity contribution is -0.114. The monoisotopic (exact) mass is 337 g/mol. The summed E-state index contributed by atoms with van der Waals surface area (Å²) in [6, 6.07) is 11.6. The second kappa shape index (κ2) is 5.80. The van der Waals surface area contributed by atoms with Crippen LogP contribution in [0.5, 0.6) is 0 Å². The number of hydrogen-bond donors (Lipinski definition) is 1. The molecule has 4 nitrogen and oxygen atoms in total. The lowest BCUT2D eigenvalue weighted by Gasteiger charge is -2.25. The molecule has 0 atom stereocenters. The number of benzene rings is 2. The number of aromatic amines is 1. The lowest BCUT2D eigenvalue weighted by Crippen LogP contribution is -2.32. The molecule has 24 heavy (non-hydrogen) atoms. The summed E-state index contributed by atoms with van der Waals surface area (Å²) in [6.45, 7) is 2.71. The van der Waals surface area contributed by atoms with Gasteiger partial charge in [-0.05, 0) is 49.8 Å². The van der Waals surface area contributed by atoms with Crippen molar-refractivity contribution in [2.75, 3.05) is 11.4 Å². The van der Waals surface area contributed by atoms with E-state index < -0.39 is 0 Å². The van der Waals surface area contributed by atoms with Gasteiger partial charge in [0.05, 0.1) is 16.7 Å². The number of hydrogen-bond acceptors (Lipinski definition) is 2. The van der Waals surface area contributed by atoms with Crippen molar-refractivity contribution in [1.82, 2.24) is 9.97 Å². The number of imidazole rings is 1. The topological polar surface area (TPSA) is 49.0 Å². The second-order valence-electron chi connectivity index (χ2n) is 5.95. The van der Waals surface area contributed by atoms with E-state index in [2.05, 4.69) is 16.0 Å². The van der Waals surface area contributed by atoms with Gasteiger partial charge < -0.3 is 9.88 Å². The van der Waals surface area contributed by atoms with Crippen LogP contribution in [-0.2, 0) is 4.79 Å². The summed E-state index contributed by atoms with van der Waals surface area (Å²) in [5.74, 6) is 0.749. The van der Waals surface area contributed by atoms with E-state index in [0.29, 0.717) is 11.6 Å². The minimum absolute atomic E-state index is 0.00510. The van der Waals surface area contributed by atoms with Crippen LogP contribution in [0.2, 0.25) is 5.02 Å². The van der Waals surface area contributed by atoms with Gasteiger partial charge in [-0.3, -0.25) is 4.79 Å². The Labute approximate surface area is 144 Å². The average Bonchev–Trinajstić information content (AvgIpc) is 2.98. The minimum atomic E-state index is 0.00510. The van der Waals surface area contributed by atoms with E-state index in [1.54, 1.807) is 11.0 Å². The van der Waals surface area contributed by atoms with Gasteiger partial charge in [0.25, 0.3) is 5.91 Å². The molecule has 0 aliphatic carbocycles. The van der Waals surface area contributed by atoms with Crippen LogP contribution in [0.1, 0.15) is 12.0 Å². The predicted molar refractivity (Wildman–Crippen MR) is 97.4 cm³/mol. The molecule has 5 heteroatoms. The van der Waals surface area contributed by atoms with E-state index in [1.807, 2.05) is 43.3 Å². The summed E-state index contributed by atoms with van der Waals surface area (Å²) in [6.07, 6.45) is 4.40. The van der Waals surface area contributed by atoms with Crippen LogP contribution in [0.15, 0.2) is 48.6 Å². The first-order valence-electron chi connectivity index (χ1n) is 7.86. The van der Waals surface area contributed by atoms with Crippen molar-refractivity contribution in [3.8, 4) is 11.4 Å². The fourth-order valence-corrected chi connectivity index (χ4v) is 3.18. The number of rotatable bonds is 2. The van der Waals surface area contributed by atoms with E-state index in [-0.39, 0.29) is 5.91 Å². The molecule has 0 fully saturated rings. The zero-order valence-corrected chi connectivity index (χ0v) is 14.0. The minimum Gasteiger partial charge on any atom is -0.338 e. The fraction of sp³-hybridized carbons (Fsp3) is 0.158. The summed E-state index contributed by atoms with van der Waals surface area (Å²) in [5, 5.41) is 0.665. The molecule has 1 N–H and O–H groups in total. The van der Waals surface area contributed by atoms with Gasteiger partial charge in [0, 0.05) is 17.1 Å². The van der Waals surface area contributed by atoms with Crippen LogP contribution in [-0.4, -0.2) is 22.4 Å². The molecule has 0 spiro atoms. The summed E-state index contributed by atoms with van der Waals surface area (Å²) in [7, 11) is 0. The van der Waals surface area contributed by atoms with Crippen molar-refractivity contribution in [2.45, 2.75) is 13.3 Å². The number of carbonyl (C=O) groups is 1. The first-order valence-corrected chi connectivity index (χ1v) is 8.24. The molecule has 2 heterocycles. The number of aryl methyl sites for hydroxylation is 1. The van der Waals surface area contributed by atoms with Crippen LogP contribution in [0, 0.1) is 6.92 Å². The summed E-state index contributed by atoms with van der Waals surface area (Å²) < 4.78 is 0. The quantitative estimate of drug-likeness (QED) is 0.749. The van der Waals surface area contributed by atoms with Crippen molar-refractivity contribution in [1.29, 1.82) is 0 Å². The summed E-state index contributed by atoms with van der Waals surface area (Å²) in [4.78, 5) is 22.1. The summed E-state index contributed by atoms with van der Waals surface area (Å²) >= 11 is 6.06. The molecular weight excluding hydrogens is 322 g/mol. The summed E-state index contributed by atoms with van der Waals surface area (Å²) in [5.41, 5.74) is 4.65. The Morgan fingerprint density at radius 2 is 2.08 bits per heavy atom. The number of halogens is 1. The molecule has 0 bridgehead atoms. The van der Waals surface area contributed by atoms with Gasteiger partial charge >= 0.3 is 0 Å². The van der Waals surface area contributed by atoms with Gasteiger partial charge in [-0.15, -0.1) is 0 Å². The van der Waals surface area contributed by atoms with Crippen LogP contribution < -0.4 is 4.90 Å². The maximum Gasteiger partial charge on any atom is 0.250 e. The maximum atomic E-state index is 12.3. The SMILES string of the molecule is Cc1ccc(N2CCC=CC2=O)c(-c2nc3ccc(Cl)cc3[nH]2)c1. The first-order chi connectivity index (χ1) is 11.6. The molecule has 1 amide bonds. The van der Waals surface area contributed by atoms with Crippen molar-refractivity contribution in [3.05, 3.63) is 59.1 Å². The zero-order chi connectivity index (χ0) is 16.7. The molecule has 0 saturated heterocycles. The Kier molecular flexibility index (Phi) is 3.62. The van der Waals surface area contributed by atoms with Crippen LogP contribution in [0.3, 0.4) is 0 Å². The van der Waals surface area contributed by atoms with Crippen LogP contribution in [0.25, 0.3) is 22.4 Å². The van der Waals surface area contributed by atoms with Crippen LogP contribution in [0.4, 0.5) is 5.69 Å². The van der Waals surface area contributed by atoms with Crippen molar-refractivity contribution in [3.63, 3.8) is 0 Å². The molecule has 0 radical (unpaired) electrons. The van der Waals surface area contributed by atoms with Gasteiger partial charge in [0.15, 0.2) is 0 Å². The average molecular weight is 338 g/mol. The highest BCUT2D eigenvalue weighted by Crippen LogP contribution is 2.33. The van der Waals surface area contributed by atoms with Gasteiger partial charge in [0.1, 0.15) is 5.82 Å². The molecule has 1 aliphatic heterocycles. The van der Waals surface area contributed by atoms with Gasteiger partial charge in [-0.1, -0.05) is 29.3 Å². The Hall–Kier alpha value is -2.59. The van der Waals surface area contributed by atoms with Gasteiger partial charge in [0.2, 0.25) is 0 Å². The van der Waals surface area contributed by atoms with Crippen molar-refractivity contribution < 1.29 is 4.79 Å². The first kappa shape index (κ1) is 15.0. The number of aromatic nitrogens is 2. The second-order valence-corrected chi connectivity index (χ2v) is 6.38. The molecule has 2 aromatic carbocycles. The smallest absolute Gasteiger partial charge is 0.250 e. The number of fused-ring (bicyclic) bond motifs is 1. The number of nitrogens with one attached hydrogen (secondary N) is 1. The molecule has 1 aromatic heterocycles. The number of anilines is 1. The largest absolute Gasteiger partial charge is 0.338 e. The highest BCUT2D eigenvalue weighted by Gasteiger charge is 2.21. The highest BCUT2D eigenvalue weighted by atomic mass is 35.5. The zero-order valence-electron chi connectivity index (χ0n) is 13.2. The number of carbonyl (C=O) groups excluding carboxylic acids is 1. The third-order valence-electron chi connectivity index (χ3n) is 4.19. The Bertz CT molecular complexity index is 974. The number of H-pyrrole nitrogens is 1. The van der Waals surface area contributed by atoms with Crippen molar-refractivity contribution >= 4 is 34.2 Å². The molecule has 120 valence electrons. The fourth-order valence-electron chi connectivity index (χ4n) is 3.01. The Morgan fingerprint density at radius 1 is 1.21 bits per heavy atom. The normalized spacial score (nSPS) is 14.6. The molecule has 0 saturated carbocycles. The maximum absolute atomic E-state index is 12.3. The third kappa shape index (κ3) is 2.59. The van der Waals surface area contributed by atoms with Crippen molar-refractivity contribution in [2.24, 2.45) is 0 Å². The van der Waals surface area contributed by atoms with Gasteiger partial charge in [-0.2, -0.15) is 0 Å². The standard InChI is InChI=1S/C19H16ClN3O/c1-12-5-8-17(23-9-3-2-4-18(23)24)14(10-12)19-21-15-7-6-13(20)11-16(15)22-19/h2,4-8,10-11H,3,9H2,1H3,(H,21,22). The number of nitrogens with zero attached hydrogens (tertiary/aromatic N) is 2. The predicted octanol–water partition coefficient (Wildman–Crippen LogP) is 4.48. The van der Waals surface area contributed by atoms with E-state index >= 15 is 0 Å². The van der Waals surface area contributed by atoms with E-state index in [9.17, 15) is 4.79 Å². The lowest BCUT2D eigenvalue weighted by atomic mass is 10.1. The number of amides is 1. The Balaban J connectivity index is 1.88. The molecule has 3 aromatic rings. The molecular formula is C19H16ClN3O. The van der Waals surface area contributed by atoms with Crippen LogP contribution >= 0.6 is 11.6 Å². The highest BCUT2D eigenvalue weighted by molar-refractivity contribution is 6.31.